The van der Waals surface area contributed by atoms with Crippen molar-refractivity contribution in [1.29, 1.82) is 0 Å². The van der Waals surface area contributed by atoms with Crippen LogP contribution in [0.2, 0.25) is 0 Å². The standard InChI is InChI=1S/C9H19NO2S/c1-7(10)5-6-13-8(2)3-4-9(11)12/h7-8H,3-6,10H2,1-2H3,(H,11,12). The Hall–Kier alpha value is -0.220. The van der Waals surface area contributed by atoms with E-state index in [-0.39, 0.29) is 12.5 Å². The van der Waals surface area contributed by atoms with Crippen molar-refractivity contribution in [2.45, 2.75) is 44.4 Å². The fraction of sp³-hybridized carbons (Fsp3) is 0.889. The highest BCUT2D eigenvalue weighted by atomic mass is 32.2. The molecule has 13 heavy (non-hydrogen) atoms. The first-order valence-corrected chi connectivity index (χ1v) is 5.66. The van der Waals surface area contributed by atoms with Crippen molar-refractivity contribution in [3.05, 3.63) is 0 Å². The molecule has 0 aromatic carbocycles. The minimum atomic E-state index is -0.709. The van der Waals surface area contributed by atoms with Gasteiger partial charge in [0.05, 0.1) is 0 Å². The van der Waals surface area contributed by atoms with Crippen LogP contribution >= 0.6 is 11.8 Å². The summed E-state index contributed by atoms with van der Waals surface area (Å²) in [5.74, 6) is 0.318. The van der Waals surface area contributed by atoms with E-state index in [1.807, 2.05) is 6.92 Å². The van der Waals surface area contributed by atoms with Gasteiger partial charge in [-0.15, -0.1) is 0 Å². The highest BCUT2D eigenvalue weighted by Gasteiger charge is 2.05. The van der Waals surface area contributed by atoms with Crippen LogP contribution < -0.4 is 5.73 Å². The normalized spacial score (nSPS) is 15.3. The number of nitrogens with two attached hydrogens (primary N) is 1. The molecule has 78 valence electrons. The second kappa shape index (κ2) is 7.21. The lowest BCUT2D eigenvalue weighted by Gasteiger charge is -2.10. The molecular formula is C9H19NO2S. The van der Waals surface area contributed by atoms with E-state index in [4.69, 9.17) is 10.8 Å². The molecule has 0 aliphatic rings. The number of aliphatic carboxylic acids is 1. The number of carboxylic acids is 1. The Bertz CT molecular complexity index is 151. The van der Waals surface area contributed by atoms with E-state index in [9.17, 15) is 4.79 Å². The van der Waals surface area contributed by atoms with E-state index < -0.39 is 5.97 Å². The van der Waals surface area contributed by atoms with Gasteiger partial charge in [-0.3, -0.25) is 4.79 Å². The fourth-order valence-electron chi connectivity index (χ4n) is 0.865. The zero-order valence-corrected chi connectivity index (χ0v) is 9.14. The van der Waals surface area contributed by atoms with E-state index in [1.54, 1.807) is 11.8 Å². The monoisotopic (exact) mass is 205 g/mol. The predicted molar refractivity (Wildman–Crippen MR) is 57.1 cm³/mol. The number of hydrogen-bond donors (Lipinski definition) is 2. The molecule has 0 bridgehead atoms. The van der Waals surface area contributed by atoms with Gasteiger partial charge in [0, 0.05) is 17.7 Å². The molecule has 2 atom stereocenters. The maximum absolute atomic E-state index is 10.3. The molecule has 0 radical (unpaired) electrons. The first kappa shape index (κ1) is 12.8. The topological polar surface area (TPSA) is 63.3 Å². The average molecular weight is 205 g/mol. The minimum Gasteiger partial charge on any atom is -0.481 e. The summed E-state index contributed by atoms with van der Waals surface area (Å²) in [7, 11) is 0. The fourth-order valence-corrected chi connectivity index (χ4v) is 2.06. The van der Waals surface area contributed by atoms with E-state index in [0.717, 1.165) is 18.6 Å². The molecule has 4 heteroatoms. The first-order chi connectivity index (χ1) is 6.02. The van der Waals surface area contributed by atoms with Gasteiger partial charge in [0.2, 0.25) is 0 Å². The Balaban J connectivity index is 3.30. The van der Waals surface area contributed by atoms with Gasteiger partial charge in [-0.05, 0) is 25.5 Å². The van der Waals surface area contributed by atoms with E-state index in [0.29, 0.717) is 5.25 Å². The van der Waals surface area contributed by atoms with Gasteiger partial charge in [-0.1, -0.05) is 6.92 Å². The smallest absolute Gasteiger partial charge is 0.303 e. The van der Waals surface area contributed by atoms with Crippen molar-refractivity contribution in [2.75, 3.05) is 5.75 Å². The molecule has 0 amide bonds. The number of carboxylic acid groups (broad SMARTS) is 1. The van der Waals surface area contributed by atoms with Crippen molar-refractivity contribution in [3.63, 3.8) is 0 Å². The van der Waals surface area contributed by atoms with Crippen molar-refractivity contribution in [1.82, 2.24) is 0 Å². The van der Waals surface area contributed by atoms with Gasteiger partial charge in [0.25, 0.3) is 0 Å². The molecule has 0 aliphatic carbocycles. The molecule has 0 spiro atoms. The number of hydrogen-bond acceptors (Lipinski definition) is 3. The van der Waals surface area contributed by atoms with Gasteiger partial charge >= 0.3 is 5.97 Å². The van der Waals surface area contributed by atoms with Gasteiger partial charge in [0.15, 0.2) is 0 Å². The number of carbonyl (C=O) groups is 1. The molecule has 3 N–H and O–H groups in total. The third-order valence-electron chi connectivity index (χ3n) is 1.74. The first-order valence-electron chi connectivity index (χ1n) is 4.61. The molecule has 3 nitrogen and oxygen atoms in total. The lowest BCUT2D eigenvalue weighted by molar-refractivity contribution is -0.137. The molecule has 0 aromatic rings. The van der Waals surface area contributed by atoms with Crippen LogP contribution in [0.3, 0.4) is 0 Å². The third-order valence-corrected chi connectivity index (χ3v) is 3.02. The van der Waals surface area contributed by atoms with Crippen LogP contribution in [0.15, 0.2) is 0 Å². The van der Waals surface area contributed by atoms with Gasteiger partial charge in [0.1, 0.15) is 0 Å². The largest absolute Gasteiger partial charge is 0.481 e. The highest BCUT2D eigenvalue weighted by Crippen LogP contribution is 2.16. The number of thioether (sulfide) groups is 1. The Morgan fingerprint density at radius 1 is 1.46 bits per heavy atom. The minimum absolute atomic E-state index is 0.249. The molecule has 0 aliphatic heterocycles. The molecule has 2 unspecified atom stereocenters. The van der Waals surface area contributed by atoms with Crippen LogP contribution in [0.25, 0.3) is 0 Å². The van der Waals surface area contributed by atoms with Crippen LogP contribution in [0.1, 0.15) is 33.1 Å². The molecule has 0 rings (SSSR count). The lowest BCUT2D eigenvalue weighted by Crippen LogP contribution is -2.16. The van der Waals surface area contributed by atoms with Crippen molar-refractivity contribution in [2.24, 2.45) is 5.73 Å². The summed E-state index contributed by atoms with van der Waals surface area (Å²) >= 11 is 1.80. The van der Waals surface area contributed by atoms with Crippen LogP contribution in [0.5, 0.6) is 0 Å². The van der Waals surface area contributed by atoms with Crippen LogP contribution in [-0.2, 0) is 4.79 Å². The average Bonchev–Trinajstić information content (AvgIpc) is 2.00. The van der Waals surface area contributed by atoms with E-state index >= 15 is 0 Å². The summed E-state index contributed by atoms with van der Waals surface area (Å²) in [5, 5.41) is 8.87. The summed E-state index contributed by atoms with van der Waals surface area (Å²) in [6, 6.07) is 0.249. The third kappa shape index (κ3) is 9.70. The molecule has 0 saturated carbocycles. The molecule has 0 aromatic heterocycles. The van der Waals surface area contributed by atoms with Crippen molar-refractivity contribution in [3.8, 4) is 0 Å². The second-order valence-corrected chi connectivity index (χ2v) is 4.93. The SMILES string of the molecule is CC(N)CCSC(C)CCC(=O)O. The summed E-state index contributed by atoms with van der Waals surface area (Å²) in [6.45, 7) is 4.05. The Kier molecular flexibility index (Phi) is 7.09. The predicted octanol–water partition coefficient (Wildman–Crippen LogP) is 1.71. The van der Waals surface area contributed by atoms with Crippen LogP contribution in [0, 0.1) is 0 Å². The van der Waals surface area contributed by atoms with Gasteiger partial charge < -0.3 is 10.8 Å². The maximum atomic E-state index is 10.3. The maximum Gasteiger partial charge on any atom is 0.303 e. The summed E-state index contributed by atoms with van der Waals surface area (Å²) in [6.07, 6.45) is 2.02. The lowest BCUT2D eigenvalue weighted by atomic mass is 10.2. The van der Waals surface area contributed by atoms with Crippen molar-refractivity contribution >= 4 is 17.7 Å². The Labute approximate surface area is 84.1 Å². The molecule has 0 fully saturated rings. The molecule has 0 heterocycles. The summed E-state index contributed by atoms with van der Waals surface area (Å²) in [4.78, 5) is 10.3. The van der Waals surface area contributed by atoms with Crippen LogP contribution in [0.4, 0.5) is 0 Å². The molecule has 0 saturated heterocycles. The summed E-state index contributed by atoms with van der Waals surface area (Å²) in [5.41, 5.74) is 5.59. The highest BCUT2D eigenvalue weighted by molar-refractivity contribution is 7.99. The Morgan fingerprint density at radius 2 is 2.08 bits per heavy atom. The molecular weight excluding hydrogens is 186 g/mol. The zero-order chi connectivity index (χ0) is 10.3. The quantitative estimate of drug-likeness (QED) is 0.664. The second-order valence-electron chi connectivity index (χ2n) is 3.38. The Morgan fingerprint density at radius 3 is 2.54 bits per heavy atom. The van der Waals surface area contributed by atoms with Gasteiger partial charge in [-0.25, -0.2) is 0 Å². The zero-order valence-electron chi connectivity index (χ0n) is 8.32. The number of rotatable bonds is 7. The van der Waals surface area contributed by atoms with Crippen molar-refractivity contribution < 1.29 is 9.90 Å². The summed E-state index contributed by atoms with van der Waals surface area (Å²) < 4.78 is 0. The van der Waals surface area contributed by atoms with E-state index in [1.165, 1.54) is 0 Å². The van der Waals surface area contributed by atoms with Crippen LogP contribution in [-0.4, -0.2) is 28.1 Å². The van der Waals surface area contributed by atoms with Gasteiger partial charge in [-0.2, -0.15) is 11.8 Å². The van der Waals surface area contributed by atoms with E-state index in [2.05, 4.69) is 6.92 Å².